The van der Waals surface area contributed by atoms with E-state index < -0.39 is 17.6 Å². The van der Waals surface area contributed by atoms with Gasteiger partial charge >= 0.3 is 6.18 Å². The van der Waals surface area contributed by atoms with Crippen LogP contribution in [0.5, 0.6) is 0 Å². The molecule has 0 fully saturated rings. The number of benzene rings is 1. The quantitative estimate of drug-likeness (QED) is 0.857. The van der Waals surface area contributed by atoms with Crippen LogP contribution in [0, 0.1) is 5.82 Å². The van der Waals surface area contributed by atoms with Crippen LogP contribution in [0.2, 0.25) is 0 Å². The first-order valence-corrected chi connectivity index (χ1v) is 5.46. The highest BCUT2D eigenvalue weighted by atomic mass is 19.4. The molecule has 1 N–H and O–H groups in total. The Morgan fingerprint density at radius 1 is 1.16 bits per heavy atom. The third kappa shape index (κ3) is 3.43. The molecule has 1 aromatic heterocycles. The summed E-state index contributed by atoms with van der Waals surface area (Å²) in [4.78, 5) is 3.87. The molecule has 0 saturated carbocycles. The zero-order chi connectivity index (χ0) is 13.9. The van der Waals surface area contributed by atoms with E-state index >= 15 is 0 Å². The first-order valence-electron chi connectivity index (χ1n) is 5.46. The van der Waals surface area contributed by atoms with Gasteiger partial charge in [-0.15, -0.1) is 0 Å². The Morgan fingerprint density at radius 2 is 1.95 bits per heavy atom. The summed E-state index contributed by atoms with van der Waals surface area (Å²) in [6, 6.07) is 6.38. The minimum Gasteiger partial charge on any atom is -0.380 e. The van der Waals surface area contributed by atoms with Gasteiger partial charge in [-0.2, -0.15) is 13.2 Å². The van der Waals surface area contributed by atoms with Crippen LogP contribution < -0.4 is 5.32 Å². The van der Waals surface area contributed by atoms with E-state index in [1.165, 1.54) is 6.07 Å². The van der Waals surface area contributed by atoms with Crippen LogP contribution in [-0.2, 0) is 12.7 Å². The largest absolute Gasteiger partial charge is 0.419 e. The van der Waals surface area contributed by atoms with Gasteiger partial charge in [0.1, 0.15) is 5.82 Å². The van der Waals surface area contributed by atoms with Crippen LogP contribution in [0.1, 0.15) is 11.1 Å². The molecule has 1 aromatic carbocycles. The summed E-state index contributed by atoms with van der Waals surface area (Å²) < 4.78 is 50.6. The lowest BCUT2D eigenvalue weighted by Gasteiger charge is -2.11. The molecule has 2 rings (SSSR count). The maximum absolute atomic E-state index is 13.1. The van der Waals surface area contributed by atoms with E-state index in [-0.39, 0.29) is 6.54 Å². The summed E-state index contributed by atoms with van der Waals surface area (Å²) >= 11 is 0. The second-order valence-electron chi connectivity index (χ2n) is 3.91. The SMILES string of the molecule is Fc1ccc(CNc2cccnc2)cc1C(F)(F)F. The van der Waals surface area contributed by atoms with Crippen molar-refractivity contribution >= 4 is 5.69 Å². The predicted octanol–water partition coefficient (Wildman–Crippen LogP) is 3.85. The average Bonchev–Trinajstić information content (AvgIpc) is 2.37. The lowest BCUT2D eigenvalue weighted by atomic mass is 10.1. The van der Waals surface area contributed by atoms with Crippen molar-refractivity contribution in [2.45, 2.75) is 12.7 Å². The number of nitrogens with one attached hydrogen (secondary N) is 1. The van der Waals surface area contributed by atoms with Crippen molar-refractivity contribution in [3.8, 4) is 0 Å². The maximum atomic E-state index is 13.1. The maximum Gasteiger partial charge on any atom is 0.419 e. The fourth-order valence-electron chi connectivity index (χ4n) is 1.57. The third-order valence-electron chi connectivity index (χ3n) is 2.49. The Kier molecular flexibility index (Phi) is 3.69. The highest BCUT2D eigenvalue weighted by molar-refractivity contribution is 5.41. The number of aromatic nitrogens is 1. The molecule has 0 aliphatic heterocycles. The number of hydrogen-bond acceptors (Lipinski definition) is 2. The van der Waals surface area contributed by atoms with Crippen molar-refractivity contribution in [1.82, 2.24) is 4.98 Å². The van der Waals surface area contributed by atoms with E-state index in [9.17, 15) is 17.6 Å². The Balaban J connectivity index is 2.14. The summed E-state index contributed by atoms with van der Waals surface area (Å²) in [6.07, 6.45) is -1.55. The van der Waals surface area contributed by atoms with E-state index in [1.807, 2.05) is 0 Å². The monoisotopic (exact) mass is 270 g/mol. The number of rotatable bonds is 3. The van der Waals surface area contributed by atoms with E-state index in [4.69, 9.17) is 0 Å². The summed E-state index contributed by atoms with van der Waals surface area (Å²) in [7, 11) is 0. The second-order valence-corrected chi connectivity index (χ2v) is 3.91. The fourth-order valence-corrected chi connectivity index (χ4v) is 1.57. The van der Waals surface area contributed by atoms with Crippen LogP contribution >= 0.6 is 0 Å². The van der Waals surface area contributed by atoms with Crippen molar-refractivity contribution in [2.24, 2.45) is 0 Å². The Bertz CT molecular complexity index is 552. The van der Waals surface area contributed by atoms with Crippen LogP contribution in [-0.4, -0.2) is 4.98 Å². The van der Waals surface area contributed by atoms with Crippen molar-refractivity contribution in [2.75, 3.05) is 5.32 Å². The van der Waals surface area contributed by atoms with E-state index in [2.05, 4.69) is 10.3 Å². The highest BCUT2D eigenvalue weighted by Crippen LogP contribution is 2.31. The zero-order valence-electron chi connectivity index (χ0n) is 9.71. The van der Waals surface area contributed by atoms with Gasteiger partial charge in [0.25, 0.3) is 0 Å². The van der Waals surface area contributed by atoms with Crippen LogP contribution in [0.25, 0.3) is 0 Å². The first-order chi connectivity index (χ1) is 8.97. The number of halogens is 4. The molecule has 0 aliphatic carbocycles. The van der Waals surface area contributed by atoms with E-state index in [0.717, 1.165) is 12.1 Å². The van der Waals surface area contributed by atoms with Gasteiger partial charge in [0.05, 0.1) is 11.3 Å². The molecule has 1 heterocycles. The fraction of sp³-hybridized carbons (Fsp3) is 0.154. The van der Waals surface area contributed by atoms with Gasteiger partial charge in [-0.05, 0) is 29.8 Å². The topological polar surface area (TPSA) is 24.9 Å². The number of alkyl halides is 3. The minimum absolute atomic E-state index is 0.162. The molecule has 0 saturated heterocycles. The zero-order valence-corrected chi connectivity index (χ0v) is 9.71. The third-order valence-corrected chi connectivity index (χ3v) is 2.49. The van der Waals surface area contributed by atoms with Crippen molar-refractivity contribution < 1.29 is 17.6 Å². The van der Waals surface area contributed by atoms with Crippen LogP contribution in [0.4, 0.5) is 23.2 Å². The standard InChI is InChI=1S/C13H10F4N2/c14-12-4-3-9(6-11(12)13(15,16)17)7-19-10-2-1-5-18-8-10/h1-6,8,19H,7H2. The Labute approximate surface area is 107 Å². The van der Waals surface area contributed by atoms with Gasteiger partial charge in [-0.1, -0.05) is 6.07 Å². The second kappa shape index (κ2) is 5.26. The molecule has 0 bridgehead atoms. The van der Waals surface area contributed by atoms with Gasteiger partial charge in [0, 0.05) is 18.9 Å². The highest BCUT2D eigenvalue weighted by Gasteiger charge is 2.34. The van der Waals surface area contributed by atoms with Crippen molar-refractivity contribution in [1.29, 1.82) is 0 Å². The number of hydrogen-bond donors (Lipinski definition) is 1. The molecule has 19 heavy (non-hydrogen) atoms. The van der Waals surface area contributed by atoms with Crippen molar-refractivity contribution in [3.63, 3.8) is 0 Å². The number of anilines is 1. The van der Waals surface area contributed by atoms with Gasteiger partial charge in [0.15, 0.2) is 0 Å². The van der Waals surface area contributed by atoms with Crippen LogP contribution in [0.3, 0.4) is 0 Å². The molecule has 0 aliphatic rings. The number of pyridine rings is 1. The summed E-state index contributed by atoms with van der Waals surface area (Å²) in [5, 5.41) is 2.91. The Hall–Kier alpha value is -2.11. The smallest absolute Gasteiger partial charge is 0.380 e. The van der Waals surface area contributed by atoms with E-state index in [1.54, 1.807) is 24.5 Å². The lowest BCUT2D eigenvalue weighted by molar-refractivity contribution is -0.140. The lowest BCUT2D eigenvalue weighted by Crippen LogP contribution is -2.10. The molecule has 6 heteroatoms. The van der Waals surface area contributed by atoms with Gasteiger partial charge < -0.3 is 5.32 Å². The summed E-state index contributed by atoms with van der Waals surface area (Å²) in [5.74, 6) is -1.27. The molecule has 100 valence electrons. The van der Waals surface area contributed by atoms with Crippen LogP contribution in [0.15, 0.2) is 42.7 Å². The molecule has 0 atom stereocenters. The first kappa shape index (κ1) is 13.3. The summed E-state index contributed by atoms with van der Waals surface area (Å²) in [5.41, 5.74) is -0.226. The average molecular weight is 270 g/mol. The van der Waals surface area contributed by atoms with Crippen molar-refractivity contribution in [3.05, 3.63) is 59.7 Å². The molecule has 2 aromatic rings. The summed E-state index contributed by atoms with van der Waals surface area (Å²) in [6.45, 7) is 0.162. The van der Waals surface area contributed by atoms with Gasteiger partial charge in [0.2, 0.25) is 0 Å². The molecular formula is C13H10F4N2. The molecular weight excluding hydrogens is 260 g/mol. The normalized spacial score (nSPS) is 11.4. The molecule has 0 radical (unpaired) electrons. The minimum atomic E-state index is -4.69. The van der Waals surface area contributed by atoms with E-state index in [0.29, 0.717) is 11.3 Å². The number of nitrogens with zero attached hydrogens (tertiary/aromatic N) is 1. The van der Waals surface area contributed by atoms with Gasteiger partial charge in [-0.3, -0.25) is 4.98 Å². The Morgan fingerprint density at radius 3 is 2.58 bits per heavy atom. The molecule has 0 spiro atoms. The molecule has 0 amide bonds. The van der Waals surface area contributed by atoms with Gasteiger partial charge in [-0.25, -0.2) is 4.39 Å². The predicted molar refractivity (Wildman–Crippen MR) is 63.0 cm³/mol. The molecule has 2 nitrogen and oxygen atoms in total. The molecule has 0 unspecified atom stereocenters.